The van der Waals surface area contributed by atoms with Crippen LogP contribution in [0.25, 0.3) is 0 Å². The monoisotopic (exact) mass is 375 g/mol. The molecule has 0 amide bonds. The number of aryl methyl sites for hydroxylation is 3. The summed E-state index contributed by atoms with van der Waals surface area (Å²) in [5.74, 6) is 0.838. The van der Waals surface area contributed by atoms with Gasteiger partial charge in [0.2, 0.25) is 0 Å². The number of nitrogens with zero attached hydrogens (tertiary/aromatic N) is 3. The van der Waals surface area contributed by atoms with E-state index < -0.39 is 0 Å². The molecule has 0 aliphatic heterocycles. The molecule has 0 spiro atoms. The summed E-state index contributed by atoms with van der Waals surface area (Å²) in [5, 5.41) is 0. The lowest BCUT2D eigenvalue weighted by atomic mass is 10.3. The van der Waals surface area contributed by atoms with Crippen molar-refractivity contribution in [1.82, 2.24) is 15.0 Å². The Bertz CT molecular complexity index is 457. The number of hydrogen-bond donors (Lipinski definition) is 0. The first-order valence-electron chi connectivity index (χ1n) is 10.6. The highest BCUT2D eigenvalue weighted by molar-refractivity contribution is 5.00. The molecule has 0 aromatic carbocycles. The third kappa shape index (κ3) is 29.3. The molecule has 0 radical (unpaired) electrons. The third-order valence-corrected chi connectivity index (χ3v) is 3.14. The predicted octanol–water partition coefficient (Wildman–Crippen LogP) is 7.90. The van der Waals surface area contributed by atoms with Gasteiger partial charge in [-0.3, -0.25) is 4.98 Å². The fraction of sp³-hybridized carbons (Fsp3) is 0.625. The smallest absolute Gasteiger partial charge is 0.125 e. The van der Waals surface area contributed by atoms with Crippen LogP contribution in [-0.2, 0) is 0 Å². The van der Waals surface area contributed by atoms with Gasteiger partial charge in [0.15, 0.2) is 0 Å². The molecule has 3 heteroatoms. The van der Waals surface area contributed by atoms with Crippen LogP contribution in [0.5, 0.6) is 0 Å². The summed E-state index contributed by atoms with van der Waals surface area (Å²) >= 11 is 0. The Morgan fingerprint density at radius 1 is 0.630 bits per heavy atom. The second-order valence-corrected chi connectivity index (χ2v) is 5.92. The first kappa shape index (κ1) is 30.0. The molecule has 0 saturated heterocycles. The fourth-order valence-corrected chi connectivity index (χ4v) is 1.73. The Labute approximate surface area is 170 Å². The quantitative estimate of drug-likeness (QED) is 0.545. The number of hydrogen-bond acceptors (Lipinski definition) is 3. The highest BCUT2D eigenvalue weighted by Gasteiger charge is 1.83. The molecule has 0 fully saturated rings. The minimum absolute atomic E-state index is 0.838. The van der Waals surface area contributed by atoms with Crippen molar-refractivity contribution in [3.8, 4) is 0 Å². The van der Waals surface area contributed by atoms with Crippen LogP contribution in [0, 0.1) is 20.8 Å². The molecule has 27 heavy (non-hydrogen) atoms. The molecule has 0 atom stereocenters. The second kappa shape index (κ2) is 26.5. The topological polar surface area (TPSA) is 38.7 Å². The maximum Gasteiger partial charge on any atom is 0.125 e. The van der Waals surface area contributed by atoms with Crippen LogP contribution in [0.2, 0.25) is 0 Å². The van der Waals surface area contributed by atoms with E-state index in [9.17, 15) is 0 Å². The van der Waals surface area contributed by atoms with Crippen molar-refractivity contribution in [3.05, 3.63) is 53.9 Å². The molecule has 0 saturated carbocycles. The van der Waals surface area contributed by atoms with Gasteiger partial charge in [-0.15, -0.1) is 0 Å². The zero-order chi connectivity index (χ0) is 21.3. The van der Waals surface area contributed by atoms with Gasteiger partial charge in [-0.2, -0.15) is 0 Å². The summed E-state index contributed by atoms with van der Waals surface area (Å²) in [4.78, 5) is 12.0. The second-order valence-electron chi connectivity index (χ2n) is 5.92. The number of pyridine rings is 1. The van der Waals surface area contributed by atoms with E-state index >= 15 is 0 Å². The largest absolute Gasteiger partial charge is 0.262 e. The molecule has 156 valence electrons. The van der Waals surface area contributed by atoms with Crippen LogP contribution in [-0.4, -0.2) is 15.0 Å². The van der Waals surface area contributed by atoms with Crippen LogP contribution in [0.3, 0.4) is 0 Å². The zero-order valence-corrected chi connectivity index (χ0v) is 19.5. The number of aromatic nitrogens is 3. The number of rotatable bonds is 4. The Morgan fingerprint density at radius 2 is 1.15 bits per heavy atom. The van der Waals surface area contributed by atoms with Gasteiger partial charge in [-0.05, 0) is 39.0 Å². The van der Waals surface area contributed by atoms with E-state index in [1.54, 1.807) is 12.4 Å². The predicted molar refractivity (Wildman–Crippen MR) is 122 cm³/mol. The molecular weight excluding hydrogens is 330 g/mol. The molecule has 2 rings (SSSR count). The van der Waals surface area contributed by atoms with Crippen LogP contribution in [0.15, 0.2) is 36.7 Å². The summed E-state index contributed by atoms with van der Waals surface area (Å²) < 4.78 is 0. The lowest BCUT2D eigenvalue weighted by Crippen LogP contribution is -1.86. The molecule has 2 heterocycles. The van der Waals surface area contributed by atoms with Crippen LogP contribution in [0.1, 0.15) is 97.3 Å². The van der Waals surface area contributed by atoms with Crippen molar-refractivity contribution in [3.63, 3.8) is 0 Å². The normalized spacial score (nSPS) is 8.33. The maximum atomic E-state index is 4.06. The summed E-state index contributed by atoms with van der Waals surface area (Å²) in [5.41, 5.74) is 2.10. The SMILES string of the molecule is CC.CCCCC.CCCCC.Cc1ccccn1.Cc1ccnc(C)n1. The highest BCUT2D eigenvalue weighted by atomic mass is 14.9. The summed E-state index contributed by atoms with van der Waals surface area (Å²) in [6.45, 7) is 18.7. The minimum atomic E-state index is 0.838. The fourth-order valence-electron chi connectivity index (χ4n) is 1.73. The van der Waals surface area contributed by atoms with Gasteiger partial charge < -0.3 is 0 Å². The van der Waals surface area contributed by atoms with Gasteiger partial charge in [0.1, 0.15) is 5.82 Å². The zero-order valence-electron chi connectivity index (χ0n) is 19.5. The first-order valence-corrected chi connectivity index (χ1v) is 10.6. The molecule has 0 aliphatic rings. The summed E-state index contributed by atoms with van der Waals surface area (Å²) in [6, 6.07) is 7.74. The average molecular weight is 376 g/mol. The van der Waals surface area contributed by atoms with Gasteiger partial charge in [0.05, 0.1) is 0 Å². The van der Waals surface area contributed by atoms with E-state index in [1.807, 2.05) is 58.9 Å². The van der Waals surface area contributed by atoms with Crippen molar-refractivity contribution in [1.29, 1.82) is 0 Å². The third-order valence-electron chi connectivity index (χ3n) is 3.14. The Hall–Kier alpha value is -1.77. The minimum Gasteiger partial charge on any atom is -0.262 e. The molecule has 0 N–H and O–H groups in total. The molecule has 3 nitrogen and oxygen atoms in total. The average Bonchev–Trinajstić information content (AvgIpc) is 2.67. The van der Waals surface area contributed by atoms with Gasteiger partial charge >= 0.3 is 0 Å². The molecule has 0 unspecified atom stereocenters. The molecule has 2 aromatic heterocycles. The van der Waals surface area contributed by atoms with Gasteiger partial charge in [0, 0.05) is 23.8 Å². The standard InChI is InChI=1S/C6H8N2.C6H7N.2C5H12.C2H6/c1-5-3-4-7-6(2)8-5;1-6-4-2-3-5-7-6;2*1-3-5-4-2;1-2/h3-4H,1-2H3;2-5H,1H3;2*3-5H2,1-2H3;1-2H3. The Morgan fingerprint density at radius 3 is 1.33 bits per heavy atom. The van der Waals surface area contributed by atoms with E-state index in [-0.39, 0.29) is 0 Å². The molecular formula is C24H45N3. The van der Waals surface area contributed by atoms with Crippen LogP contribution >= 0.6 is 0 Å². The van der Waals surface area contributed by atoms with E-state index in [2.05, 4.69) is 42.6 Å². The van der Waals surface area contributed by atoms with Crippen molar-refractivity contribution in [2.45, 2.75) is 101 Å². The summed E-state index contributed by atoms with van der Waals surface area (Å²) in [6.07, 6.45) is 11.7. The first-order chi connectivity index (χ1) is 13.0. The lowest BCUT2D eigenvalue weighted by molar-refractivity contribution is 0.772. The van der Waals surface area contributed by atoms with Crippen LogP contribution < -0.4 is 0 Å². The molecule has 0 bridgehead atoms. The Balaban J connectivity index is -0.000000282. The van der Waals surface area contributed by atoms with E-state index in [0.29, 0.717) is 0 Å². The van der Waals surface area contributed by atoms with Gasteiger partial charge in [-0.25, -0.2) is 9.97 Å². The number of unbranched alkanes of at least 4 members (excludes halogenated alkanes) is 4. The van der Waals surface area contributed by atoms with E-state index in [1.165, 1.54) is 38.5 Å². The van der Waals surface area contributed by atoms with Crippen molar-refractivity contribution in [2.75, 3.05) is 0 Å². The van der Waals surface area contributed by atoms with Gasteiger partial charge in [0.25, 0.3) is 0 Å². The van der Waals surface area contributed by atoms with Crippen LogP contribution in [0.4, 0.5) is 0 Å². The van der Waals surface area contributed by atoms with E-state index in [4.69, 9.17) is 0 Å². The lowest BCUT2D eigenvalue weighted by Gasteiger charge is -1.89. The van der Waals surface area contributed by atoms with Crippen molar-refractivity contribution < 1.29 is 0 Å². The van der Waals surface area contributed by atoms with Gasteiger partial charge in [-0.1, -0.05) is 86.1 Å². The molecule has 2 aromatic rings. The highest BCUT2D eigenvalue weighted by Crippen LogP contribution is 1.89. The summed E-state index contributed by atoms with van der Waals surface area (Å²) in [7, 11) is 0. The van der Waals surface area contributed by atoms with E-state index in [0.717, 1.165) is 17.2 Å². The maximum absolute atomic E-state index is 4.06. The van der Waals surface area contributed by atoms with Crippen molar-refractivity contribution in [2.24, 2.45) is 0 Å². The molecule has 0 aliphatic carbocycles. The van der Waals surface area contributed by atoms with Crippen molar-refractivity contribution >= 4 is 0 Å². The Kier molecular flexibility index (Phi) is 29.4.